The Kier molecular flexibility index (Phi) is 4.90. The third-order valence-electron chi connectivity index (χ3n) is 4.30. The molecule has 23 heavy (non-hydrogen) atoms. The van der Waals surface area contributed by atoms with Crippen LogP contribution in [-0.4, -0.2) is 23.4 Å². The van der Waals surface area contributed by atoms with E-state index in [-0.39, 0.29) is 11.9 Å². The molecular weight excluding hydrogens is 331 g/mol. The van der Waals surface area contributed by atoms with Crippen LogP contribution in [0.4, 0.5) is 5.69 Å². The van der Waals surface area contributed by atoms with Crippen molar-refractivity contribution < 1.29 is 4.79 Å². The number of rotatable bonds is 3. The fourth-order valence-corrected chi connectivity index (χ4v) is 3.20. The van der Waals surface area contributed by atoms with Crippen LogP contribution in [0.2, 0.25) is 10.0 Å². The van der Waals surface area contributed by atoms with Crippen LogP contribution in [0.25, 0.3) is 0 Å². The molecule has 0 spiro atoms. The van der Waals surface area contributed by atoms with Crippen molar-refractivity contribution in [2.45, 2.75) is 25.9 Å². The first-order valence-corrected chi connectivity index (χ1v) is 8.37. The number of benzene rings is 2. The van der Waals surface area contributed by atoms with Gasteiger partial charge in [0.1, 0.15) is 0 Å². The maximum absolute atomic E-state index is 12.5. The number of carbonyl (C=O) groups is 1. The predicted octanol–water partition coefficient (Wildman–Crippen LogP) is 4.38. The van der Waals surface area contributed by atoms with Crippen LogP contribution in [0.5, 0.6) is 0 Å². The molecule has 1 aliphatic heterocycles. The number of fused-ring (bicyclic) bond motifs is 1. The van der Waals surface area contributed by atoms with Crippen LogP contribution in [0.15, 0.2) is 42.5 Å². The fraction of sp³-hybridized carbons (Fsp3) is 0.278. The van der Waals surface area contributed by atoms with Crippen LogP contribution in [0.3, 0.4) is 0 Å². The molecule has 3 nitrogen and oxygen atoms in total. The molecule has 0 aliphatic carbocycles. The lowest BCUT2D eigenvalue weighted by atomic mass is 9.99. The van der Waals surface area contributed by atoms with Gasteiger partial charge in [-0.05, 0) is 36.6 Å². The lowest BCUT2D eigenvalue weighted by Gasteiger charge is -2.32. The Morgan fingerprint density at radius 3 is 2.65 bits per heavy atom. The molecule has 3 rings (SSSR count). The molecule has 0 saturated carbocycles. The van der Waals surface area contributed by atoms with Gasteiger partial charge < -0.3 is 5.32 Å². The predicted molar refractivity (Wildman–Crippen MR) is 95.1 cm³/mol. The molecule has 1 heterocycles. The van der Waals surface area contributed by atoms with E-state index in [9.17, 15) is 4.79 Å². The van der Waals surface area contributed by atoms with Gasteiger partial charge in [0.2, 0.25) is 5.91 Å². The first kappa shape index (κ1) is 16.3. The number of anilines is 1. The number of nitrogens with zero attached hydrogens (tertiary/aromatic N) is 1. The van der Waals surface area contributed by atoms with Crippen molar-refractivity contribution >= 4 is 34.8 Å². The smallest absolute Gasteiger partial charge is 0.241 e. The van der Waals surface area contributed by atoms with Gasteiger partial charge in [0, 0.05) is 13.1 Å². The van der Waals surface area contributed by atoms with Gasteiger partial charge in [-0.3, -0.25) is 9.69 Å². The molecule has 120 valence electrons. The average Bonchev–Trinajstić information content (AvgIpc) is 2.57. The molecule has 0 saturated heterocycles. The van der Waals surface area contributed by atoms with E-state index in [2.05, 4.69) is 28.4 Å². The topological polar surface area (TPSA) is 32.3 Å². The standard InChI is InChI=1S/C18H18Cl2N2O/c1-12(18(23)21-16-8-4-7-15(19)17(16)20)22-10-9-13-5-2-3-6-14(13)11-22/h2-8,12H,9-11H2,1H3,(H,21,23). The monoisotopic (exact) mass is 348 g/mol. The molecule has 1 aliphatic rings. The summed E-state index contributed by atoms with van der Waals surface area (Å²) in [5.74, 6) is -0.0754. The lowest BCUT2D eigenvalue weighted by molar-refractivity contribution is -0.121. The van der Waals surface area contributed by atoms with Crippen molar-refractivity contribution in [1.82, 2.24) is 4.90 Å². The molecule has 1 N–H and O–H groups in total. The van der Waals surface area contributed by atoms with Crippen LogP contribution < -0.4 is 5.32 Å². The van der Waals surface area contributed by atoms with Gasteiger partial charge in [-0.1, -0.05) is 53.5 Å². The number of amides is 1. The maximum atomic E-state index is 12.5. The van der Waals surface area contributed by atoms with Crippen LogP contribution >= 0.6 is 23.2 Å². The molecule has 1 amide bonds. The Hall–Kier alpha value is -1.55. The molecule has 1 atom stereocenters. The van der Waals surface area contributed by atoms with Crippen molar-refractivity contribution in [2.75, 3.05) is 11.9 Å². The van der Waals surface area contributed by atoms with E-state index in [1.807, 2.05) is 13.0 Å². The molecule has 0 radical (unpaired) electrons. The Bertz CT molecular complexity index is 733. The zero-order valence-corrected chi connectivity index (χ0v) is 14.4. The van der Waals surface area contributed by atoms with Crippen LogP contribution in [-0.2, 0) is 17.8 Å². The van der Waals surface area contributed by atoms with E-state index >= 15 is 0 Å². The Morgan fingerprint density at radius 2 is 1.87 bits per heavy atom. The van der Waals surface area contributed by atoms with E-state index in [1.165, 1.54) is 11.1 Å². The van der Waals surface area contributed by atoms with Crippen molar-refractivity contribution in [3.05, 3.63) is 63.6 Å². The minimum atomic E-state index is -0.238. The van der Waals surface area contributed by atoms with Crippen LogP contribution in [0, 0.1) is 0 Å². The molecule has 2 aromatic rings. The SMILES string of the molecule is CC(C(=O)Nc1cccc(Cl)c1Cl)N1CCc2ccccc2C1. The molecule has 0 bridgehead atoms. The summed E-state index contributed by atoms with van der Waals surface area (Å²) in [6.45, 7) is 3.57. The van der Waals surface area contributed by atoms with Gasteiger partial charge in [-0.25, -0.2) is 0 Å². The maximum Gasteiger partial charge on any atom is 0.241 e. The molecule has 5 heteroatoms. The summed E-state index contributed by atoms with van der Waals surface area (Å²) in [6.07, 6.45) is 0.964. The molecule has 0 aromatic heterocycles. The summed E-state index contributed by atoms with van der Waals surface area (Å²) in [4.78, 5) is 14.7. The number of halogens is 2. The van der Waals surface area contributed by atoms with E-state index in [0.29, 0.717) is 15.7 Å². The van der Waals surface area contributed by atoms with E-state index in [1.54, 1.807) is 18.2 Å². The molecule has 1 unspecified atom stereocenters. The number of nitrogens with one attached hydrogen (secondary N) is 1. The summed E-state index contributed by atoms with van der Waals surface area (Å²) < 4.78 is 0. The minimum absolute atomic E-state index is 0.0754. The summed E-state index contributed by atoms with van der Waals surface area (Å²) >= 11 is 12.1. The van der Waals surface area contributed by atoms with Gasteiger partial charge in [-0.2, -0.15) is 0 Å². The van der Waals surface area contributed by atoms with E-state index in [4.69, 9.17) is 23.2 Å². The zero-order chi connectivity index (χ0) is 16.4. The summed E-state index contributed by atoms with van der Waals surface area (Å²) in [6, 6.07) is 13.4. The van der Waals surface area contributed by atoms with E-state index in [0.717, 1.165) is 19.5 Å². The van der Waals surface area contributed by atoms with Crippen molar-refractivity contribution in [3.8, 4) is 0 Å². The fourth-order valence-electron chi connectivity index (χ4n) is 2.85. The van der Waals surface area contributed by atoms with Crippen LogP contribution in [0.1, 0.15) is 18.1 Å². The molecular formula is C18H18Cl2N2O. The largest absolute Gasteiger partial charge is 0.323 e. The number of hydrogen-bond donors (Lipinski definition) is 1. The van der Waals surface area contributed by atoms with Gasteiger partial charge in [0.15, 0.2) is 0 Å². The molecule has 0 fully saturated rings. The highest BCUT2D eigenvalue weighted by atomic mass is 35.5. The summed E-state index contributed by atoms with van der Waals surface area (Å²) in [5.41, 5.74) is 3.21. The number of hydrogen-bond acceptors (Lipinski definition) is 2. The van der Waals surface area contributed by atoms with Crippen molar-refractivity contribution in [2.24, 2.45) is 0 Å². The highest BCUT2D eigenvalue weighted by Crippen LogP contribution is 2.30. The third-order valence-corrected chi connectivity index (χ3v) is 5.12. The van der Waals surface area contributed by atoms with Gasteiger partial charge >= 0.3 is 0 Å². The quantitative estimate of drug-likeness (QED) is 0.892. The summed E-state index contributed by atoms with van der Waals surface area (Å²) in [5, 5.41) is 3.68. The van der Waals surface area contributed by atoms with Crippen molar-refractivity contribution in [3.63, 3.8) is 0 Å². The van der Waals surface area contributed by atoms with Gasteiger partial charge in [0.05, 0.1) is 21.8 Å². The van der Waals surface area contributed by atoms with E-state index < -0.39 is 0 Å². The Balaban J connectivity index is 1.70. The second kappa shape index (κ2) is 6.91. The lowest BCUT2D eigenvalue weighted by Crippen LogP contribution is -2.44. The number of carbonyl (C=O) groups excluding carboxylic acids is 1. The summed E-state index contributed by atoms with van der Waals surface area (Å²) in [7, 11) is 0. The highest BCUT2D eigenvalue weighted by molar-refractivity contribution is 6.44. The normalized spacial score (nSPS) is 15.8. The Labute approximate surface area is 146 Å². The van der Waals surface area contributed by atoms with Crippen molar-refractivity contribution in [1.29, 1.82) is 0 Å². The second-order valence-corrected chi connectivity index (χ2v) is 6.54. The highest BCUT2D eigenvalue weighted by Gasteiger charge is 2.25. The molecule has 2 aromatic carbocycles. The average molecular weight is 349 g/mol. The Morgan fingerprint density at radius 1 is 1.13 bits per heavy atom. The minimum Gasteiger partial charge on any atom is -0.323 e. The second-order valence-electron chi connectivity index (χ2n) is 5.76. The van der Waals surface area contributed by atoms with Gasteiger partial charge in [0.25, 0.3) is 0 Å². The zero-order valence-electron chi connectivity index (χ0n) is 12.9. The van der Waals surface area contributed by atoms with Gasteiger partial charge in [-0.15, -0.1) is 0 Å². The third kappa shape index (κ3) is 3.52. The first-order valence-electron chi connectivity index (χ1n) is 7.62. The first-order chi connectivity index (χ1) is 11.1.